The number of unbranched alkanes of at least 4 members (excludes halogenated alkanes) is 44. The highest BCUT2D eigenvalue weighted by Crippen LogP contribution is 2.38. The number of phosphoric ester groups is 1. The van der Waals surface area contributed by atoms with Gasteiger partial charge in [0.05, 0.1) is 27.7 Å². The highest BCUT2D eigenvalue weighted by atomic mass is 31.2. The van der Waals surface area contributed by atoms with E-state index in [1.807, 2.05) is 21.1 Å². The summed E-state index contributed by atoms with van der Waals surface area (Å²) in [5.74, 6) is -0.830. The SMILES string of the molecule is CC/C=C\C/C=C\C/C=C\C/C=C\C/C=C\C/C=C\CCCCCCCCCCC(=O)OC(COC(=O)CCCCCCCCCCCCCCCCCCCCCCCCCCCCCCCCCCCCCCC)COP(=O)([O-])OCC[N+](C)(C)C. The van der Waals surface area contributed by atoms with Crippen LogP contribution in [0.25, 0.3) is 0 Å². The van der Waals surface area contributed by atoms with Crippen LogP contribution in [0.1, 0.15) is 361 Å². The lowest BCUT2D eigenvalue weighted by Gasteiger charge is -2.28. The molecule has 0 aromatic carbocycles. The number of quaternary nitrogens is 1. The summed E-state index contributed by atoms with van der Waals surface area (Å²) in [5.41, 5.74) is 0. The third-order valence-corrected chi connectivity index (χ3v) is 17.7. The number of nitrogens with zero attached hydrogens (tertiary/aromatic N) is 1. The van der Waals surface area contributed by atoms with Gasteiger partial charge >= 0.3 is 11.9 Å². The van der Waals surface area contributed by atoms with Gasteiger partial charge in [-0.3, -0.25) is 14.2 Å². The molecule has 0 amide bonds. The van der Waals surface area contributed by atoms with Crippen molar-refractivity contribution in [3.63, 3.8) is 0 Å². The van der Waals surface area contributed by atoms with Gasteiger partial charge in [0, 0.05) is 12.8 Å². The first-order chi connectivity index (χ1) is 43.0. The maximum atomic E-state index is 12.9. The molecule has 0 fully saturated rings. The van der Waals surface area contributed by atoms with E-state index in [9.17, 15) is 19.0 Å². The molecule has 0 N–H and O–H groups in total. The molecular formula is C78H144NO8P. The van der Waals surface area contributed by atoms with Crippen LogP contribution in [0.5, 0.6) is 0 Å². The zero-order valence-electron chi connectivity index (χ0n) is 58.7. The lowest BCUT2D eigenvalue weighted by molar-refractivity contribution is -0.870. The molecule has 0 aliphatic carbocycles. The largest absolute Gasteiger partial charge is 0.756 e. The molecule has 0 aromatic heterocycles. The summed E-state index contributed by atoms with van der Waals surface area (Å²) in [6, 6.07) is 0. The van der Waals surface area contributed by atoms with E-state index in [2.05, 4.69) is 86.8 Å². The molecular weight excluding hydrogens is 1110 g/mol. The van der Waals surface area contributed by atoms with Crippen LogP contribution >= 0.6 is 7.82 Å². The molecule has 9 nitrogen and oxygen atoms in total. The Hall–Kier alpha value is -2.55. The van der Waals surface area contributed by atoms with Gasteiger partial charge in [0.2, 0.25) is 0 Å². The van der Waals surface area contributed by atoms with Gasteiger partial charge in [0.1, 0.15) is 19.8 Å². The summed E-state index contributed by atoms with van der Waals surface area (Å²) in [7, 11) is 1.17. The number of phosphoric acid groups is 1. The normalized spacial score (nSPS) is 13.5. The van der Waals surface area contributed by atoms with Gasteiger partial charge in [0.15, 0.2) is 6.10 Å². The lowest BCUT2D eigenvalue weighted by atomic mass is 10.0. The minimum atomic E-state index is -4.65. The number of ether oxygens (including phenoxy) is 2. The first-order valence-electron chi connectivity index (χ1n) is 37.6. The molecule has 0 heterocycles. The second kappa shape index (κ2) is 68.8. The van der Waals surface area contributed by atoms with Crippen molar-refractivity contribution in [3.8, 4) is 0 Å². The van der Waals surface area contributed by atoms with E-state index >= 15 is 0 Å². The Labute approximate surface area is 546 Å². The molecule has 0 rings (SSSR count). The maximum Gasteiger partial charge on any atom is 0.306 e. The monoisotopic (exact) mass is 1250 g/mol. The van der Waals surface area contributed by atoms with Crippen LogP contribution in [0.3, 0.4) is 0 Å². The number of hydrogen-bond donors (Lipinski definition) is 0. The van der Waals surface area contributed by atoms with Gasteiger partial charge in [-0.25, -0.2) is 0 Å². The molecule has 2 unspecified atom stereocenters. The van der Waals surface area contributed by atoms with Crippen LogP contribution in [0.4, 0.5) is 0 Å². The third kappa shape index (κ3) is 72.5. The highest BCUT2D eigenvalue weighted by Gasteiger charge is 2.22. The predicted octanol–water partition coefficient (Wildman–Crippen LogP) is 24.1. The fourth-order valence-electron chi connectivity index (χ4n) is 11.0. The molecule has 0 aliphatic heterocycles. The minimum absolute atomic E-state index is 0.0339. The summed E-state index contributed by atoms with van der Waals surface area (Å²) >= 11 is 0. The number of rotatable bonds is 70. The molecule has 0 saturated heterocycles. The minimum Gasteiger partial charge on any atom is -0.756 e. The summed E-state index contributed by atoms with van der Waals surface area (Å²) in [4.78, 5) is 38.1. The molecule has 514 valence electrons. The van der Waals surface area contributed by atoms with E-state index < -0.39 is 26.5 Å². The fourth-order valence-corrected chi connectivity index (χ4v) is 11.7. The topological polar surface area (TPSA) is 111 Å². The van der Waals surface area contributed by atoms with Crippen molar-refractivity contribution in [2.45, 2.75) is 367 Å². The second-order valence-electron chi connectivity index (χ2n) is 26.6. The van der Waals surface area contributed by atoms with Gasteiger partial charge in [-0.15, -0.1) is 0 Å². The molecule has 0 aliphatic rings. The maximum absolute atomic E-state index is 12.9. The van der Waals surface area contributed by atoms with Crippen molar-refractivity contribution < 1.29 is 42.1 Å². The Bertz CT molecular complexity index is 1710. The first kappa shape index (κ1) is 85.5. The van der Waals surface area contributed by atoms with E-state index in [4.69, 9.17) is 18.5 Å². The van der Waals surface area contributed by atoms with Crippen LogP contribution in [-0.2, 0) is 32.7 Å². The number of likely N-dealkylation sites (N-methyl/N-ethyl adjacent to an activating group) is 1. The average molecular weight is 1250 g/mol. The smallest absolute Gasteiger partial charge is 0.306 e. The Kier molecular flexibility index (Phi) is 66.8. The Morgan fingerprint density at radius 3 is 0.966 bits per heavy atom. The Balaban J connectivity index is 3.96. The van der Waals surface area contributed by atoms with E-state index in [1.165, 1.54) is 244 Å². The molecule has 0 spiro atoms. The van der Waals surface area contributed by atoms with E-state index in [1.54, 1.807) is 0 Å². The van der Waals surface area contributed by atoms with Crippen LogP contribution in [-0.4, -0.2) is 70.0 Å². The molecule has 2 atom stereocenters. The van der Waals surface area contributed by atoms with Gasteiger partial charge in [-0.05, 0) is 64.2 Å². The molecule has 0 aromatic rings. The first-order valence-corrected chi connectivity index (χ1v) is 39.1. The van der Waals surface area contributed by atoms with Crippen LogP contribution in [0.2, 0.25) is 0 Å². The van der Waals surface area contributed by atoms with Gasteiger partial charge in [-0.1, -0.05) is 356 Å². The predicted molar refractivity (Wildman–Crippen MR) is 379 cm³/mol. The number of hydrogen-bond acceptors (Lipinski definition) is 8. The van der Waals surface area contributed by atoms with E-state index in [0.717, 1.165) is 83.5 Å². The van der Waals surface area contributed by atoms with Crippen molar-refractivity contribution in [1.29, 1.82) is 0 Å². The third-order valence-electron chi connectivity index (χ3n) is 16.7. The van der Waals surface area contributed by atoms with Crippen molar-refractivity contribution in [3.05, 3.63) is 72.9 Å². The number of carbonyl (C=O) groups excluding carboxylic acids is 2. The standard InChI is InChI=1S/C78H144NO8P/c1-6-8-10-12-14-16-18-20-22-24-26-28-30-32-34-35-36-37-38-39-40-41-42-43-45-46-48-50-52-54-56-58-60-62-64-66-68-70-77(80)84-74-76(75-86-88(82,83)85-73-72-79(3,4)5)87-78(81)71-69-67-65-63-61-59-57-55-53-51-49-47-44-33-31-29-27-25-23-21-19-17-15-13-11-9-7-2/h9,11,15,17,21,23,27,29,33,44,49,51,76H,6-8,10,12-14,16,18-20,22,24-26,28,30-32,34-43,45-48,50,52-75H2,1-5H3/b11-9-,17-15-,23-21-,29-27-,44-33-,51-49-. The van der Waals surface area contributed by atoms with Crippen molar-refractivity contribution in [2.24, 2.45) is 0 Å². The quantitative estimate of drug-likeness (QED) is 0.0195. The fraction of sp³-hybridized carbons (Fsp3) is 0.821. The molecule has 88 heavy (non-hydrogen) atoms. The zero-order chi connectivity index (χ0) is 64.1. The number of carbonyl (C=O) groups is 2. The zero-order valence-corrected chi connectivity index (χ0v) is 59.6. The summed E-state index contributed by atoms with van der Waals surface area (Å²) in [6.45, 7) is 4.17. The van der Waals surface area contributed by atoms with Gasteiger partial charge < -0.3 is 27.9 Å². The Morgan fingerprint density at radius 2 is 0.648 bits per heavy atom. The molecule has 10 heteroatoms. The lowest BCUT2D eigenvalue weighted by Crippen LogP contribution is -2.37. The number of allylic oxidation sites excluding steroid dienone is 12. The van der Waals surface area contributed by atoms with E-state index in [-0.39, 0.29) is 32.0 Å². The molecule has 0 radical (unpaired) electrons. The van der Waals surface area contributed by atoms with Gasteiger partial charge in [-0.2, -0.15) is 0 Å². The van der Waals surface area contributed by atoms with Crippen molar-refractivity contribution in [2.75, 3.05) is 47.5 Å². The van der Waals surface area contributed by atoms with Gasteiger partial charge in [0.25, 0.3) is 7.82 Å². The van der Waals surface area contributed by atoms with E-state index in [0.29, 0.717) is 17.4 Å². The molecule has 0 saturated carbocycles. The molecule has 0 bridgehead atoms. The Morgan fingerprint density at radius 1 is 0.364 bits per heavy atom. The average Bonchev–Trinajstić information content (AvgIpc) is 3.60. The van der Waals surface area contributed by atoms with Crippen LogP contribution < -0.4 is 4.89 Å². The number of esters is 2. The summed E-state index contributed by atoms with van der Waals surface area (Å²) in [5, 5.41) is 0. The second-order valence-corrected chi connectivity index (χ2v) is 28.1. The van der Waals surface area contributed by atoms with Crippen molar-refractivity contribution >= 4 is 19.8 Å². The summed E-state index contributed by atoms with van der Waals surface area (Å²) < 4.78 is 34.3. The van der Waals surface area contributed by atoms with Crippen LogP contribution in [0.15, 0.2) is 72.9 Å². The summed E-state index contributed by atoms with van der Waals surface area (Å²) in [6.07, 6.45) is 93.0. The van der Waals surface area contributed by atoms with Crippen LogP contribution in [0, 0.1) is 0 Å². The van der Waals surface area contributed by atoms with Crippen molar-refractivity contribution in [1.82, 2.24) is 0 Å². The highest BCUT2D eigenvalue weighted by molar-refractivity contribution is 7.45.